The smallest absolute Gasteiger partial charge is 0.234 e. The van der Waals surface area contributed by atoms with Crippen molar-refractivity contribution in [2.24, 2.45) is 0 Å². The van der Waals surface area contributed by atoms with E-state index in [2.05, 4.69) is 23.1 Å². The van der Waals surface area contributed by atoms with Gasteiger partial charge in [0.2, 0.25) is 5.91 Å². The number of terminal acetylenes is 1. The molecular weight excluding hydrogens is 228 g/mol. The van der Waals surface area contributed by atoms with Crippen molar-refractivity contribution in [2.75, 3.05) is 32.8 Å². The van der Waals surface area contributed by atoms with Crippen LogP contribution in [0.25, 0.3) is 0 Å². The molecule has 1 fully saturated rings. The molecule has 0 unspecified atom stereocenters. The molecule has 1 atom stereocenters. The van der Waals surface area contributed by atoms with Crippen LogP contribution in [0.3, 0.4) is 0 Å². The highest BCUT2D eigenvalue weighted by Gasteiger charge is 2.16. The van der Waals surface area contributed by atoms with Gasteiger partial charge in [-0.1, -0.05) is 11.8 Å². The Bertz CT molecular complexity index is 356. The molecule has 0 aromatic heterocycles. The van der Waals surface area contributed by atoms with Gasteiger partial charge in [-0.05, 0) is 19.8 Å². The normalized spacial score (nSPS) is 17.9. The maximum Gasteiger partial charge on any atom is 0.234 e. The molecule has 1 rings (SSSR count). The average molecular weight is 248 g/mol. The molecule has 1 saturated heterocycles. The van der Waals surface area contributed by atoms with Crippen LogP contribution in [0, 0.1) is 24.2 Å². The lowest BCUT2D eigenvalue weighted by atomic mass is 10.2. The molecule has 1 amide bonds. The minimum absolute atomic E-state index is 0.0290. The van der Waals surface area contributed by atoms with E-state index in [9.17, 15) is 4.79 Å². The summed E-state index contributed by atoms with van der Waals surface area (Å²) in [5.74, 6) is 8.21. The standard InChI is InChI=1S/C14H20N2O2/c1-3-5-9-16(8-4-2)12-14(17)15-11-13-7-6-10-18-13/h2,13H,6-12H2,1H3,(H,15,17)/t13-/m0/s1. The summed E-state index contributed by atoms with van der Waals surface area (Å²) in [6, 6.07) is 0. The van der Waals surface area contributed by atoms with E-state index in [4.69, 9.17) is 11.2 Å². The minimum atomic E-state index is -0.0290. The number of rotatable bonds is 6. The van der Waals surface area contributed by atoms with Crippen LogP contribution in [0.5, 0.6) is 0 Å². The van der Waals surface area contributed by atoms with Crippen molar-refractivity contribution in [1.82, 2.24) is 10.2 Å². The van der Waals surface area contributed by atoms with Crippen molar-refractivity contribution in [3.05, 3.63) is 0 Å². The number of nitrogens with zero attached hydrogens (tertiary/aromatic N) is 1. The molecule has 0 aliphatic carbocycles. The van der Waals surface area contributed by atoms with E-state index in [0.29, 0.717) is 19.6 Å². The second-order valence-electron chi connectivity index (χ2n) is 4.22. The van der Waals surface area contributed by atoms with Crippen molar-refractivity contribution in [2.45, 2.75) is 25.9 Å². The van der Waals surface area contributed by atoms with Crippen molar-refractivity contribution >= 4 is 5.91 Å². The Morgan fingerprint density at radius 1 is 1.56 bits per heavy atom. The monoisotopic (exact) mass is 248 g/mol. The Morgan fingerprint density at radius 2 is 2.39 bits per heavy atom. The molecule has 0 spiro atoms. The molecule has 1 heterocycles. The predicted octanol–water partition coefficient (Wildman–Crippen LogP) is 0.240. The van der Waals surface area contributed by atoms with Gasteiger partial charge in [0, 0.05) is 13.2 Å². The number of amides is 1. The van der Waals surface area contributed by atoms with Crippen LogP contribution in [0.15, 0.2) is 0 Å². The number of hydrogen-bond acceptors (Lipinski definition) is 3. The second kappa shape index (κ2) is 8.58. The van der Waals surface area contributed by atoms with E-state index in [-0.39, 0.29) is 18.6 Å². The third-order valence-corrected chi connectivity index (χ3v) is 2.71. The van der Waals surface area contributed by atoms with Gasteiger partial charge in [0.25, 0.3) is 0 Å². The fourth-order valence-corrected chi connectivity index (χ4v) is 1.78. The van der Waals surface area contributed by atoms with Gasteiger partial charge in [0.15, 0.2) is 0 Å². The number of carbonyl (C=O) groups excluding carboxylic acids is 1. The lowest BCUT2D eigenvalue weighted by molar-refractivity contribution is -0.122. The molecule has 0 bridgehead atoms. The first-order valence-electron chi connectivity index (χ1n) is 6.20. The average Bonchev–Trinajstić information content (AvgIpc) is 2.87. The van der Waals surface area contributed by atoms with Crippen LogP contribution in [0.2, 0.25) is 0 Å². The first-order valence-corrected chi connectivity index (χ1v) is 6.20. The zero-order valence-electron chi connectivity index (χ0n) is 10.9. The van der Waals surface area contributed by atoms with Crippen molar-refractivity contribution < 1.29 is 9.53 Å². The van der Waals surface area contributed by atoms with Crippen LogP contribution < -0.4 is 5.32 Å². The Morgan fingerprint density at radius 3 is 3.00 bits per heavy atom. The summed E-state index contributed by atoms with van der Waals surface area (Å²) < 4.78 is 5.44. The van der Waals surface area contributed by atoms with Gasteiger partial charge in [-0.15, -0.1) is 12.3 Å². The lowest BCUT2D eigenvalue weighted by Crippen LogP contribution is -2.40. The number of hydrogen-bond donors (Lipinski definition) is 1. The Kier molecular flexibility index (Phi) is 6.94. The van der Waals surface area contributed by atoms with Crippen LogP contribution >= 0.6 is 0 Å². The number of nitrogens with one attached hydrogen (secondary N) is 1. The van der Waals surface area contributed by atoms with Gasteiger partial charge in [-0.2, -0.15) is 0 Å². The Labute approximate surface area is 109 Å². The van der Waals surface area contributed by atoms with Crippen molar-refractivity contribution in [3.63, 3.8) is 0 Å². The molecule has 0 radical (unpaired) electrons. The lowest BCUT2D eigenvalue weighted by Gasteiger charge is -2.17. The highest BCUT2D eigenvalue weighted by molar-refractivity contribution is 5.78. The molecule has 1 N–H and O–H groups in total. The molecule has 1 aliphatic heterocycles. The van der Waals surface area contributed by atoms with Crippen LogP contribution in [-0.2, 0) is 9.53 Å². The summed E-state index contributed by atoms with van der Waals surface area (Å²) in [5, 5.41) is 2.87. The summed E-state index contributed by atoms with van der Waals surface area (Å²) in [4.78, 5) is 13.6. The fraction of sp³-hybridized carbons (Fsp3) is 0.643. The van der Waals surface area contributed by atoms with Crippen LogP contribution in [-0.4, -0.2) is 49.7 Å². The van der Waals surface area contributed by atoms with E-state index >= 15 is 0 Å². The van der Waals surface area contributed by atoms with Crippen molar-refractivity contribution in [1.29, 1.82) is 0 Å². The highest BCUT2D eigenvalue weighted by atomic mass is 16.5. The van der Waals surface area contributed by atoms with Gasteiger partial charge in [0.1, 0.15) is 0 Å². The molecule has 0 aromatic carbocycles. The van der Waals surface area contributed by atoms with Crippen LogP contribution in [0.4, 0.5) is 0 Å². The Hall–Kier alpha value is -1.49. The zero-order valence-corrected chi connectivity index (χ0v) is 10.9. The SMILES string of the molecule is C#CCN(CC#CC)CC(=O)NC[C@@H]1CCCO1. The third kappa shape index (κ3) is 5.72. The molecule has 0 saturated carbocycles. The van der Waals surface area contributed by atoms with Gasteiger partial charge >= 0.3 is 0 Å². The third-order valence-electron chi connectivity index (χ3n) is 2.71. The van der Waals surface area contributed by atoms with E-state index < -0.39 is 0 Å². The molecule has 98 valence electrons. The molecular formula is C14H20N2O2. The molecule has 1 aliphatic rings. The highest BCUT2D eigenvalue weighted by Crippen LogP contribution is 2.10. The van der Waals surface area contributed by atoms with E-state index in [0.717, 1.165) is 19.4 Å². The largest absolute Gasteiger partial charge is 0.376 e. The summed E-state index contributed by atoms with van der Waals surface area (Å²) in [7, 11) is 0. The Balaban J connectivity index is 2.25. The summed E-state index contributed by atoms with van der Waals surface area (Å²) >= 11 is 0. The topological polar surface area (TPSA) is 41.6 Å². The van der Waals surface area contributed by atoms with Crippen molar-refractivity contribution in [3.8, 4) is 24.2 Å². The van der Waals surface area contributed by atoms with E-state index in [1.165, 1.54) is 0 Å². The van der Waals surface area contributed by atoms with Crippen LogP contribution in [0.1, 0.15) is 19.8 Å². The number of ether oxygens (including phenoxy) is 1. The van der Waals surface area contributed by atoms with Gasteiger partial charge in [-0.3, -0.25) is 9.69 Å². The van der Waals surface area contributed by atoms with E-state index in [1.54, 1.807) is 6.92 Å². The molecule has 0 aromatic rings. The zero-order chi connectivity index (χ0) is 13.2. The van der Waals surface area contributed by atoms with Gasteiger partial charge < -0.3 is 10.1 Å². The molecule has 4 nitrogen and oxygen atoms in total. The molecule has 18 heavy (non-hydrogen) atoms. The molecule has 4 heteroatoms. The predicted molar refractivity (Wildman–Crippen MR) is 70.7 cm³/mol. The minimum Gasteiger partial charge on any atom is -0.376 e. The summed E-state index contributed by atoms with van der Waals surface area (Å²) in [6.07, 6.45) is 7.53. The number of carbonyl (C=O) groups is 1. The summed E-state index contributed by atoms with van der Waals surface area (Å²) in [5.41, 5.74) is 0. The second-order valence-corrected chi connectivity index (χ2v) is 4.22. The fourth-order valence-electron chi connectivity index (χ4n) is 1.78. The first-order chi connectivity index (χ1) is 8.76. The first kappa shape index (κ1) is 14.6. The maximum absolute atomic E-state index is 11.7. The van der Waals surface area contributed by atoms with E-state index in [1.807, 2.05) is 4.90 Å². The van der Waals surface area contributed by atoms with Gasteiger partial charge in [-0.25, -0.2) is 0 Å². The quantitative estimate of drug-likeness (QED) is 0.685. The van der Waals surface area contributed by atoms with Gasteiger partial charge in [0.05, 0.1) is 25.7 Å². The maximum atomic E-state index is 11.7. The summed E-state index contributed by atoms with van der Waals surface area (Å²) in [6.45, 7) is 4.39.